The van der Waals surface area contributed by atoms with E-state index in [0.29, 0.717) is 37.1 Å². The molecule has 1 aromatic heterocycles. The van der Waals surface area contributed by atoms with Crippen LogP contribution in [0.25, 0.3) is 0 Å². The van der Waals surface area contributed by atoms with E-state index in [1.807, 2.05) is 19.1 Å². The van der Waals surface area contributed by atoms with Gasteiger partial charge in [-0.05, 0) is 24.6 Å². The van der Waals surface area contributed by atoms with Crippen LogP contribution in [-0.4, -0.2) is 44.5 Å². The molecule has 7 nitrogen and oxygen atoms in total. The van der Waals surface area contributed by atoms with Crippen molar-refractivity contribution in [2.75, 3.05) is 27.4 Å². The van der Waals surface area contributed by atoms with E-state index in [4.69, 9.17) is 9.47 Å². The van der Waals surface area contributed by atoms with E-state index in [2.05, 4.69) is 25.3 Å². The zero-order valence-electron chi connectivity index (χ0n) is 17.0. The third kappa shape index (κ3) is 7.69. The molecule has 10 heteroatoms. The van der Waals surface area contributed by atoms with E-state index >= 15 is 0 Å². The Morgan fingerprint density at radius 3 is 2.50 bits per heavy atom. The minimum atomic E-state index is -4.40. The number of benzene rings is 1. The largest absolute Gasteiger partial charge is 0.497 e. The van der Waals surface area contributed by atoms with Crippen LogP contribution in [0.5, 0.6) is 17.4 Å². The smallest absolute Gasteiger partial charge is 0.422 e. The summed E-state index contributed by atoms with van der Waals surface area (Å²) in [4.78, 5) is 8.35. The average Bonchev–Trinajstić information content (AvgIpc) is 2.74. The highest BCUT2D eigenvalue weighted by molar-refractivity contribution is 5.79. The maximum absolute atomic E-state index is 12.2. The first-order valence-corrected chi connectivity index (χ1v) is 9.22. The molecule has 0 atom stereocenters. The fourth-order valence-corrected chi connectivity index (χ4v) is 2.43. The molecule has 0 unspecified atom stereocenters. The number of nitrogens with one attached hydrogen (secondary N) is 2. The van der Waals surface area contributed by atoms with E-state index in [1.165, 1.54) is 12.3 Å². The molecule has 0 aliphatic carbocycles. The molecule has 0 spiro atoms. The highest BCUT2D eigenvalue weighted by Gasteiger charge is 2.28. The summed E-state index contributed by atoms with van der Waals surface area (Å²) in [5.41, 5.74) is 1.66. The highest BCUT2D eigenvalue weighted by Crippen LogP contribution is 2.24. The van der Waals surface area contributed by atoms with Crippen molar-refractivity contribution in [3.63, 3.8) is 0 Å². The van der Waals surface area contributed by atoms with Crippen LogP contribution in [-0.2, 0) is 13.1 Å². The van der Waals surface area contributed by atoms with Gasteiger partial charge in [0.15, 0.2) is 12.6 Å². The first-order valence-electron chi connectivity index (χ1n) is 9.22. The lowest BCUT2D eigenvalue weighted by Gasteiger charge is -2.14. The van der Waals surface area contributed by atoms with Crippen molar-refractivity contribution in [3.8, 4) is 17.4 Å². The second kappa shape index (κ2) is 11.1. The van der Waals surface area contributed by atoms with Crippen molar-refractivity contribution in [1.29, 1.82) is 0 Å². The standard InChI is InChI=1S/C20H25F3N4O3/c1-4-24-19(27-12-15-6-7-16(28-2)9-17(15)29-3)26-11-14-5-8-18(25-10-14)30-13-20(21,22)23/h5-10H,4,11-13H2,1-3H3,(H2,24,26,27). The number of halogens is 3. The monoisotopic (exact) mass is 426 g/mol. The van der Waals surface area contributed by atoms with Crippen molar-refractivity contribution < 1.29 is 27.4 Å². The van der Waals surface area contributed by atoms with Gasteiger partial charge in [-0.2, -0.15) is 13.2 Å². The summed E-state index contributed by atoms with van der Waals surface area (Å²) in [5, 5.41) is 6.35. The fourth-order valence-electron chi connectivity index (χ4n) is 2.43. The minimum Gasteiger partial charge on any atom is -0.497 e. The number of hydrogen-bond donors (Lipinski definition) is 2. The molecule has 2 N–H and O–H groups in total. The molecule has 0 bridgehead atoms. The number of methoxy groups -OCH3 is 2. The molecule has 0 radical (unpaired) electrons. The summed E-state index contributed by atoms with van der Waals surface area (Å²) in [6.07, 6.45) is -2.96. The highest BCUT2D eigenvalue weighted by atomic mass is 19.4. The Morgan fingerprint density at radius 2 is 1.90 bits per heavy atom. The van der Waals surface area contributed by atoms with Crippen molar-refractivity contribution in [3.05, 3.63) is 47.7 Å². The number of pyridine rings is 1. The van der Waals surface area contributed by atoms with Crippen molar-refractivity contribution in [2.24, 2.45) is 4.99 Å². The van der Waals surface area contributed by atoms with Crippen LogP contribution in [0.1, 0.15) is 18.1 Å². The van der Waals surface area contributed by atoms with Crippen LogP contribution in [0.15, 0.2) is 41.5 Å². The molecule has 0 saturated carbocycles. The number of aliphatic imine (C=N–C) groups is 1. The summed E-state index contributed by atoms with van der Waals surface area (Å²) in [7, 11) is 3.18. The Kier molecular flexibility index (Phi) is 8.57. The van der Waals surface area contributed by atoms with E-state index in [-0.39, 0.29) is 5.88 Å². The van der Waals surface area contributed by atoms with Gasteiger partial charge in [0, 0.05) is 37.0 Å². The maximum atomic E-state index is 12.2. The Balaban J connectivity index is 1.97. The van der Waals surface area contributed by atoms with Gasteiger partial charge in [0.1, 0.15) is 11.5 Å². The van der Waals surface area contributed by atoms with Crippen LogP contribution >= 0.6 is 0 Å². The molecule has 30 heavy (non-hydrogen) atoms. The summed E-state index contributed by atoms with van der Waals surface area (Å²) in [6.45, 7) is 2.00. The molecule has 2 rings (SSSR count). The van der Waals surface area contributed by atoms with Crippen molar-refractivity contribution >= 4 is 5.96 Å². The number of nitrogens with zero attached hydrogens (tertiary/aromatic N) is 2. The second-order valence-corrected chi connectivity index (χ2v) is 6.14. The lowest BCUT2D eigenvalue weighted by Crippen LogP contribution is -2.36. The Morgan fingerprint density at radius 1 is 1.10 bits per heavy atom. The van der Waals surface area contributed by atoms with Crippen molar-refractivity contribution in [1.82, 2.24) is 15.6 Å². The van der Waals surface area contributed by atoms with Crippen LogP contribution in [0, 0.1) is 0 Å². The maximum Gasteiger partial charge on any atom is 0.422 e. The van der Waals surface area contributed by atoms with Gasteiger partial charge in [-0.1, -0.05) is 6.07 Å². The van der Waals surface area contributed by atoms with Gasteiger partial charge in [-0.3, -0.25) is 0 Å². The van der Waals surface area contributed by atoms with Crippen LogP contribution < -0.4 is 24.8 Å². The van der Waals surface area contributed by atoms with Gasteiger partial charge in [-0.25, -0.2) is 9.98 Å². The zero-order chi connectivity index (χ0) is 22.0. The average molecular weight is 426 g/mol. The number of ether oxygens (including phenoxy) is 3. The molecule has 0 amide bonds. The predicted octanol–water partition coefficient (Wildman–Crippen LogP) is 3.30. The Bertz CT molecular complexity index is 827. The third-order valence-electron chi connectivity index (χ3n) is 3.89. The summed E-state index contributed by atoms with van der Waals surface area (Å²) in [5.74, 6) is 1.88. The summed E-state index contributed by atoms with van der Waals surface area (Å²) >= 11 is 0. The van der Waals surface area contributed by atoms with E-state index in [9.17, 15) is 13.2 Å². The molecule has 1 aromatic carbocycles. The normalized spacial score (nSPS) is 11.7. The van der Waals surface area contributed by atoms with Crippen LogP contribution in [0.4, 0.5) is 13.2 Å². The molecule has 2 aromatic rings. The first kappa shape index (κ1) is 23.1. The molecule has 0 aliphatic rings. The molecule has 164 valence electrons. The Labute approximate surface area is 173 Å². The third-order valence-corrected chi connectivity index (χ3v) is 3.89. The van der Waals surface area contributed by atoms with Gasteiger partial charge in [-0.15, -0.1) is 0 Å². The van der Waals surface area contributed by atoms with E-state index < -0.39 is 12.8 Å². The SMILES string of the molecule is CCNC(=NCc1ccc(OCC(F)(F)F)nc1)NCc1ccc(OC)cc1OC. The Hall–Kier alpha value is -3.17. The molecule has 0 aliphatic heterocycles. The summed E-state index contributed by atoms with van der Waals surface area (Å²) < 4.78 is 51.7. The van der Waals surface area contributed by atoms with Crippen LogP contribution in [0.2, 0.25) is 0 Å². The van der Waals surface area contributed by atoms with Gasteiger partial charge in [0.05, 0.1) is 20.8 Å². The molecule has 1 heterocycles. The second-order valence-electron chi connectivity index (χ2n) is 6.14. The first-order chi connectivity index (χ1) is 14.3. The number of rotatable bonds is 9. The van der Waals surface area contributed by atoms with Gasteiger partial charge < -0.3 is 24.8 Å². The zero-order valence-corrected chi connectivity index (χ0v) is 17.0. The predicted molar refractivity (Wildman–Crippen MR) is 107 cm³/mol. The number of aromatic nitrogens is 1. The van der Waals surface area contributed by atoms with E-state index in [1.54, 1.807) is 26.4 Å². The molecule has 0 saturated heterocycles. The fraction of sp³-hybridized carbons (Fsp3) is 0.400. The lowest BCUT2D eigenvalue weighted by atomic mass is 10.2. The van der Waals surface area contributed by atoms with Gasteiger partial charge in [0.25, 0.3) is 0 Å². The molecular weight excluding hydrogens is 401 g/mol. The number of alkyl halides is 3. The number of hydrogen-bond acceptors (Lipinski definition) is 5. The quantitative estimate of drug-likeness (QED) is 0.473. The lowest BCUT2D eigenvalue weighted by molar-refractivity contribution is -0.154. The number of guanidine groups is 1. The molecular formula is C20H25F3N4O3. The van der Waals surface area contributed by atoms with E-state index in [0.717, 1.165) is 11.1 Å². The minimum absolute atomic E-state index is 0.0864. The van der Waals surface area contributed by atoms with Gasteiger partial charge >= 0.3 is 6.18 Å². The van der Waals surface area contributed by atoms with Crippen molar-refractivity contribution in [2.45, 2.75) is 26.2 Å². The topological polar surface area (TPSA) is 77.0 Å². The van der Waals surface area contributed by atoms with Gasteiger partial charge in [0.2, 0.25) is 5.88 Å². The van der Waals surface area contributed by atoms with Crippen LogP contribution in [0.3, 0.4) is 0 Å². The molecule has 0 fully saturated rings. The summed E-state index contributed by atoms with van der Waals surface area (Å²) in [6, 6.07) is 8.56.